The molecule has 0 aliphatic heterocycles. The van der Waals surface area contributed by atoms with E-state index in [0.29, 0.717) is 5.56 Å². The van der Waals surface area contributed by atoms with Gasteiger partial charge in [-0.15, -0.1) is 11.3 Å². The Labute approximate surface area is 163 Å². The van der Waals surface area contributed by atoms with Gasteiger partial charge >= 0.3 is 0 Å². The van der Waals surface area contributed by atoms with Crippen LogP contribution in [0.3, 0.4) is 0 Å². The minimum absolute atomic E-state index is 0.0442. The summed E-state index contributed by atoms with van der Waals surface area (Å²) in [4.78, 5) is 31.1. The number of carbonyl (C=O) groups is 2. The maximum atomic E-state index is 12.5. The lowest BCUT2D eigenvalue weighted by Crippen LogP contribution is -2.39. The highest BCUT2D eigenvalue weighted by molar-refractivity contribution is 7.18. The quantitative estimate of drug-likeness (QED) is 0.730. The van der Waals surface area contributed by atoms with Gasteiger partial charge in [-0.3, -0.25) is 9.59 Å². The third-order valence-corrected chi connectivity index (χ3v) is 6.02. The summed E-state index contributed by atoms with van der Waals surface area (Å²) in [6.07, 6.45) is 0. The molecule has 1 atom stereocenters. The Hall–Kier alpha value is -2.73. The topological polar surface area (TPSA) is 62.3 Å². The Balaban J connectivity index is 1.62. The number of carbonyl (C=O) groups excluding carboxylic acids is 2. The molecule has 140 valence electrons. The fraction of sp³-hybridized carbons (Fsp3) is 0.286. The largest absolute Gasteiger partial charge is 0.343 e. The molecular formula is C21H23N3O2S. The van der Waals surface area contributed by atoms with Crippen LogP contribution in [-0.4, -0.2) is 35.3 Å². The number of fused-ring (bicyclic) bond motifs is 1. The van der Waals surface area contributed by atoms with Crippen molar-refractivity contribution < 1.29 is 9.59 Å². The number of aromatic nitrogens is 1. The third kappa shape index (κ3) is 4.17. The highest BCUT2D eigenvalue weighted by atomic mass is 32.1. The number of para-hydroxylation sites is 1. The van der Waals surface area contributed by atoms with Gasteiger partial charge in [-0.2, -0.15) is 0 Å². The zero-order chi connectivity index (χ0) is 19.6. The van der Waals surface area contributed by atoms with Crippen LogP contribution in [0.4, 0.5) is 0 Å². The van der Waals surface area contributed by atoms with E-state index in [4.69, 9.17) is 0 Å². The smallest absolute Gasteiger partial charge is 0.251 e. The number of amides is 2. The van der Waals surface area contributed by atoms with E-state index in [-0.39, 0.29) is 24.4 Å². The molecular weight excluding hydrogens is 358 g/mol. The van der Waals surface area contributed by atoms with E-state index in [1.807, 2.05) is 57.2 Å². The van der Waals surface area contributed by atoms with Crippen LogP contribution >= 0.6 is 11.3 Å². The van der Waals surface area contributed by atoms with Crippen molar-refractivity contribution in [1.82, 2.24) is 15.2 Å². The normalized spacial score (nSPS) is 12.0. The van der Waals surface area contributed by atoms with Crippen molar-refractivity contribution in [1.29, 1.82) is 0 Å². The van der Waals surface area contributed by atoms with Crippen molar-refractivity contribution >= 4 is 33.4 Å². The minimum Gasteiger partial charge on any atom is -0.343 e. The van der Waals surface area contributed by atoms with Crippen molar-refractivity contribution in [3.05, 3.63) is 64.2 Å². The summed E-state index contributed by atoms with van der Waals surface area (Å²) in [6, 6.07) is 13.3. The van der Waals surface area contributed by atoms with Crippen molar-refractivity contribution in [3.8, 4) is 0 Å². The molecule has 27 heavy (non-hydrogen) atoms. The molecule has 0 saturated heterocycles. The molecule has 1 heterocycles. The predicted octanol–water partition coefficient (Wildman–Crippen LogP) is 3.86. The van der Waals surface area contributed by atoms with Crippen LogP contribution < -0.4 is 5.32 Å². The standard InChI is InChI=1S/C21H23N3O2S/c1-13-9-10-16(11-14(13)2)20(26)22-12-19(25)24(4)15(3)21-23-17-7-5-6-8-18(17)27-21/h5-11,15H,12H2,1-4H3,(H,22,26). The van der Waals surface area contributed by atoms with Gasteiger partial charge in [-0.1, -0.05) is 18.2 Å². The Bertz CT molecular complexity index is 963. The van der Waals surface area contributed by atoms with Gasteiger partial charge in [0, 0.05) is 12.6 Å². The van der Waals surface area contributed by atoms with Gasteiger partial charge in [-0.05, 0) is 56.2 Å². The summed E-state index contributed by atoms with van der Waals surface area (Å²) in [5, 5.41) is 3.59. The highest BCUT2D eigenvalue weighted by Gasteiger charge is 2.21. The van der Waals surface area contributed by atoms with E-state index in [1.54, 1.807) is 29.4 Å². The van der Waals surface area contributed by atoms with Crippen molar-refractivity contribution in [2.45, 2.75) is 26.8 Å². The number of benzene rings is 2. The fourth-order valence-corrected chi connectivity index (χ4v) is 3.78. The molecule has 1 N–H and O–H groups in total. The average Bonchev–Trinajstić information content (AvgIpc) is 3.11. The van der Waals surface area contributed by atoms with Crippen molar-refractivity contribution in [2.24, 2.45) is 0 Å². The van der Waals surface area contributed by atoms with E-state index in [9.17, 15) is 9.59 Å². The molecule has 0 aliphatic carbocycles. The zero-order valence-corrected chi connectivity index (χ0v) is 16.8. The highest BCUT2D eigenvalue weighted by Crippen LogP contribution is 2.28. The monoisotopic (exact) mass is 381 g/mol. The van der Waals surface area contributed by atoms with Crippen LogP contribution in [0.15, 0.2) is 42.5 Å². The van der Waals surface area contributed by atoms with Gasteiger partial charge in [0.25, 0.3) is 5.91 Å². The second-order valence-electron chi connectivity index (χ2n) is 6.68. The number of hydrogen-bond donors (Lipinski definition) is 1. The number of rotatable bonds is 5. The molecule has 0 bridgehead atoms. The number of aryl methyl sites for hydroxylation is 2. The van der Waals surface area contributed by atoms with E-state index >= 15 is 0 Å². The van der Waals surface area contributed by atoms with Crippen LogP contribution in [0.25, 0.3) is 10.2 Å². The zero-order valence-electron chi connectivity index (χ0n) is 15.9. The summed E-state index contributed by atoms with van der Waals surface area (Å²) in [5.74, 6) is -0.397. The van der Waals surface area contributed by atoms with Gasteiger partial charge in [0.2, 0.25) is 5.91 Å². The lowest BCUT2D eigenvalue weighted by molar-refractivity contribution is -0.130. The summed E-state index contributed by atoms with van der Waals surface area (Å²) >= 11 is 1.58. The Kier molecular flexibility index (Phi) is 5.56. The number of likely N-dealkylation sites (N-methyl/N-ethyl adjacent to an activating group) is 1. The lowest BCUT2D eigenvalue weighted by Gasteiger charge is -2.23. The second kappa shape index (κ2) is 7.88. The molecule has 0 spiro atoms. The minimum atomic E-state index is -0.243. The Morgan fingerprint density at radius 1 is 1.15 bits per heavy atom. The molecule has 3 rings (SSSR count). The summed E-state index contributed by atoms with van der Waals surface area (Å²) in [5.41, 5.74) is 3.68. The van der Waals surface area contributed by atoms with Gasteiger partial charge in [0.15, 0.2) is 0 Å². The molecule has 2 aromatic carbocycles. The maximum absolute atomic E-state index is 12.5. The van der Waals surface area contributed by atoms with E-state index in [1.165, 1.54) is 0 Å². The summed E-state index contributed by atoms with van der Waals surface area (Å²) in [6.45, 7) is 5.86. The molecule has 0 saturated carbocycles. The van der Waals surface area contributed by atoms with E-state index in [0.717, 1.165) is 26.4 Å². The first kappa shape index (κ1) is 19.0. The van der Waals surface area contributed by atoms with Gasteiger partial charge < -0.3 is 10.2 Å². The van der Waals surface area contributed by atoms with Crippen molar-refractivity contribution in [3.63, 3.8) is 0 Å². The number of nitrogens with one attached hydrogen (secondary N) is 1. The molecule has 5 nitrogen and oxygen atoms in total. The second-order valence-corrected chi connectivity index (χ2v) is 7.74. The predicted molar refractivity (Wildman–Crippen MR) is 109 cm³/mol. The van der Waals surface area contributed by atoms with Gasteiger partial charge in [0.05, 0.1) is 22.8 Å². The Morgan fingerprint density at radius 3 is 2.59 bits per heavy atom. The first-order valence-electron chi connectivity index (χ1n) is 8.83. The maximum Gasteiger partial charge on any atom is 0.251 e. The fourth-order valence-electron chi connectivity index (χ4n) is 2.72. The van der Waals surface area contributed by atoms with E-state index in [2.05, 4.69) is 10.3 Å². The van der Waals surface area contributed by atoms with Crippen molar-refractivity contribution in [2.75, 3.05) is 13.6 Å². The van der Waals surface area contributed by atoms with Crippen LogP contribution in [0.5, 0.6) is 0 Å². The van der Waals surface area contributed by atoms with Crippen LogP contribution in [0, 0.1) is 13.8 Å². The third-order valence-electron chi connectivity index (χ3n) is 4.81. The first-order chi connectivity index (χ1) is 12.9. The number of thiazole rings is 1. The van der Waals surface area contributed by atoms with Crippen LogP contribution in [0.1, 0.15) is 39.5 Å². The number of hydrogen-bond acceptors (Lipinski definition) is 4. The summed E-state index contributed by atoms with van der Waals surface area (Å²) < 4.78 is 1.10. The van der Waals surface area contributed by atoms with Gasteiger partial charge in [0.1, 0.15) is 5.01 Å². The average molecular weight is 382 g/mol. The molecule has 1 unspecified atom stereocenters. The SMILES string of the molecule is Cc1ccc(C(=O)NCC(=O)N(C)C(C)c2nc3ccccc3s2)cc1C. The summed E-state index contributed by atoms with van der Waals surface area (Å²) in [7, 11) is 1.74. The lowest BCUT2D eigenvalue weighted by atomic mass is 10.1. The van der Waals surface area contributed by atoms with Crippen LogP contribution in [0.2, 0.25) is 0 Å². The molecule has 3 aromatic rings. The van der Waals surface area contributed by atoms with Crippen LogP contribution in [-0.2, 0) is 4.79 Å². The molecule has 6 heteroatoms. The first-order valence-corrected chi connectivity index (χ1v) is 9.65. The molecule has 0 radical (unpaired) electrons. The van der Waals surface area contributed by atoms with E-state index < -0.39 is 0 Å². The molecule has 2 amide bonds. The number of nitrogens with zero attached hydrogens (tertiary/aromatic N) is 2. The molecule has 1 aromatic heterocycles. The van der Waals surface area contributed by atoms with Gasteiger partial charge in [-0.25, -0.2) is 4.98 Å². The molecule has 0 fully saturated rings. The molecule has 0 aliphatic rings. The Morgan fingerprint density at radius 2 is 1.89 bits per heavy atom.